The summed E-state index contributed by atoms with van der Waals surface area (Å²) < 4.78 is 0. The van der Waals surface area contributed by atoms with Crippen LogP contribution in [0.5, 0.6) is 0 Å². The lowest BCUT2D eigenvalue weighted by Gasteiger charge is -2.33. The highest BCUT2D eigenvalue weighted by atomic mass is 35.5. The third-order valence-corrected chi connectivity index (χ3v) is 3.66. The molecule has 1 aromatic carbocycles. The van der Waals surface area contributed by atoms with Crippen LogP contribution in [0.4, 0.5) is 10.5 Å². The minimum atomic E-state index is -0.0448. The molecule has 0 unspecified atom stereocenters. The molecule has 0 atom stereocenters. The second-order valence-electron chi connectivity index (χ2n) is 4.71. The Balaban J connectivity index is 2.00. The number of halogens is 1. The van der Waals surface area contributed by atoms with Gasteiger partial charge in [0, 0.05) is 23.3 Å². The average molecular weight is 282 g/mol. The molecular weight excluding hydrogens is 262 g/mol. The van der Waals surface area contributed by atoms with Crippen molar-refractivity contribution >= 4 is 23.3 Å². The van der Waals surface area contributed by atoms with Crippen LogP contribution in [0.15, 0.2) is 24.3 Å². The summed E-state index contributed by atoms with van der Waals surface area (Å²) in [5.74, 6) is 0. The van der Waals surface area contributed by atoms with Gasteiger partial charge in [0.25, 0.3) is 0 Å². The second kappa shape index (κ2) is 6.78. The molecule has 4 nitrogen and oxygen atoms in total. The molecule has 1 aliphatic heterocycles. The largest absolute Gasteiger partial charge is 0.322 e. The predicted octanol–water partition coefficient (Wildman–Crippen LogP) is 2.95. The zero-order valence-electron chi connectivity index (χ0n) is 11.2. The van der Waals surface area contributed by atoms with Crippen molar-refractivity contribution in [2.45, 2.75) is 25.8 Å². The standard InChI is InChI=1S/C14H20ClN3O/c1-2-18(13-6-8-16-9-7-13)14(19)17-12-5-3-4-11(15)10-12/h3-5,10,13,16H,2,6-9H2,1H3,(H,17,19). The molecule has 19 heavy (non-hydrogen) atoms. The van der Waals surface area contributed by atoms with Crippen LogP contribution < -0.4 is 10.6 Å². The molecule has 0 saturated carbocycles. The molecule has 2 amide bonds. The third kappa shape index (κ3) is 3.85. The molecule has 1 saturated heterocycles. The van der Waals surface area contributed by atoms with Crippen LogP contribution in [0.1, 0.15) is 19.8 Å². The Labute approximate surface area is 119 Å². The van der Waals surface area contributed by atoms with Gasteiger partial charge in [0.15, 0.2) is 0 Å². The molecule has 5 heteroatoms. The quantitative estimate of drug-likeness (QED) is 0.895. The number of hydrogen-bond acceptors (Lipinski definition) is 2. The van der Waals surface area contributed by atoms with E-state index in [-0.39, 0.29) is 6.03 Å². The highest BCUT2D eigenvalue weighted by Crippen LogP contribution is 2.17. The Bertz CT molecular complexity index is 432. The number of hydrogen-bond donors (Lipinski definition) is 2. The number of benzene rings is 1. The number of carbonyl (C=O) groups is 1. The predicted molar refractivity (Wildman–Crippen MR) is 78.7 cm³/mol. The Morgan fingerprint density at radius 2 is 2.21 bits per heavy atom. The molecule has 0 spiro atoms. The van der Waals surface area contributed by atoms with E-state index in [1.165, 1.54) is 0 Å². The number of carbonyl (C=O) groups excluding carboxylic acids is 1. The van der Waals surface area contributed by atoms with E-state index < -0.39 is 0 Å². The number of amides is 2. The van der Waals surface area contributed by atoms with Crippen LogP contribution in [-0.2, 0) is 0 Å². The number of nitrogens with zero attached hydrogens (tertiary/aromatic N) is 1. The van der Waals surface area contributed by atoms with Gasteiger partial charge in [-0.3, -0.25) is 0 Å². The Hall–Kier alpha value is -1.26. The van der Waals surface area contributed by atoms with Gasteiger partial charge < -0.3 is 15.5 Å². The molecule has 0 aromatic heterocycles. The lowest BCUT2D eigenvalue weighted by Crippen LogP contribution is -2.47. The maximum absolute atomic E-state index is 12.3. The number of nitrogens with one attached hydrogen (secondary N) is 2. The molecule has 104 valence electrons. The van der Waals surface area contributed by atoms with Crippen molar-refractivity contribution in [1.82, 2.24) is 10.2 Å². The van der Waals surface area contributed by atoms with Crippen molar-refractivity contribution < 1.29 is 4.79 Å². The Morgan fingerprint density at radius 1 is 1.47 bits per heavy atom. The summed E-state index contributed by atoms with van der Waals surface area (Å²) in [5.41, 5.74) is 0.741. The van der Waals surface area contributed by atoms with Gasteiger partial charge in [0.2, 0.25) is 0 Å². The van der Waals surface area contributed by atoms with Gasteiger partial charge >= 0.3 is 6.03 Å². The molecule has 2 N–H and O–H groups in total. The van der Waals surface area contributed by atoms with Crippen LogP contribution in [0, 0.1) is 0 Å². The zero-order valence-corrected chi connectivity index (χ0v) is 11.9. The van der Waals surface area contributed by atoms with Gasteiger partial charge in [0.1, 0.15) is 0 Å². The van der Waals surface area contributed by atoms with Crippen LogP contribution in [-0.4, -0.2) is 36.6 Å². The maximum atomic E-state index is 12.3. The lowest BCUT2D eigenvalue weighted by molar-refractivity contribution is 0.175. The molecular formula is C14H20ClN3O. The first kappa shape index (κ1) is 14.2. The Morgan fingerprint density at radius 3 is 2.84 bits per heavy atom. The summed E-state index contributed by atoms with van der Waals surface area (Å²) in [6.07, 6.45) is 2.02. The summed E-state index contributed by atoms with van der Waals surface area (Å²) in [5, 5.41) is 6.85. The van der Waals surface area contributed by atoms with Gasteiger partial charge in [0.05, 0.1) is 0 Å². The average Bonchev–Trinajstić information content (AvgIpc) is 2.41. The first-order valence-electron chi connectivity index (χ1n) is 6.74. The molecule has 1 aromatic rings. The smallest absolute Gasteiger partial charge is 0.322 e. The normalized spacial score (nSPS) is 16.1. The Kier molecular flexibility index (Phi) is 5.05. The van der Waals surface area contributed by atoms with Crippen molar-refractivity contribution in [3.8, 4) is 0 Å². The summed E-state index contributed by atoms with van der Waals surface area (Å²) >= 11 is 5.92. The van der Waals surface area contributed by atoms with Crippen molar-refractivity contribution in [3.05, 3.63) is 29.3 Å². The van der Waals surface area contributed by atoms with E-state index >= 15 is 0 Å². The van der Waals surface area contributed by atoms with Gasteiger partial charge in [-0.25, -0.2) is 4.79 Å². The summed E-state index contributed by atoms with van der Waals surface area (Å²) in [7, 11) is 0. The number of piperidine rings is 1. The first-order chi connectivity index (χ1) is 9.20. The van der Waals surface area contributed by atoms with Crippen molar-refractivity contribution in [1.29, 1.82) is 0 Å². The fraction of sp³-hybridized carbons (Fsp3) is 0.500. The van der Waals surface area contributed by atoms with Gasteiger partial charge in [-0.05, 0) is 51.1 Å². The minimum Gasteiger partial charge on any atom is -0.322 e. The van der Waals surface area contributed by atoms with Gasteiger partial charge in [-0.1, -0.05) is 17.7 Å². The van der Waals surface area contributed by atoms with E-state index in [4.69, 9.17) is 11.6 Å². The van der Waals surface area contributed by atoms with E-state index in [1.807, 2.05) is 24.0 Å². The molecule has 0 aliphatic carbocycles. The topological polar surface area (TPSA) is 44.4 Å². The first-order valence-corrected chi connectivity index (χ1v) is 7.12. The van der Waals surface area contributed by atoms with E-state index in [9.17, 15) is 4.79 Å². The fourth-order valence-corrected chi connectivity index (χ4v) is 2.64. The summed E-state index contributed by atoms with van der Waals surface area (Å²) in [4.78, 5) is 14.2. The van der Waals surface area contributed by atoms with Crippen LogP contribution in [0.25, 0.3) is 0 Å². The monoisotopic (exact) mass is 281 g/mol. The van der Waals surface area contributed by atoms with E-state index in [0.29, 0.717) is 11.1 Å². The van der Waals surface area contributed by atoms with Crippen LogP contribution >= 0.6 is 11.6 Å². The molecule has 2 rings (SSSR count). The number of urea groups is 1. The van der Waals surface area contributed by atoms with E-state index in [2.05, 4.69) is 10.6 Å². The molecule has 1 aliphatic rings. The third-order valence-electron chi connectivity index (χ3n) is 3.43. The summed E-state index contributed by atoms with van der Waals surface area (Å²) in [6, 6.07) is 7.51. The molecule has 1 heterocycles. The zero-order chi connectivity index (χ0) is 13.7. The maximum Gasteiger partial charge on any atom is 0.322 e. The molecule has 0 bridgehead atoms. The lowest BCUT2D eigenvalue weighted by atomic mass is 10.1. The fourth-order valence-electron chi connectivity index (χ4n) is 2.45. The van der Waals surface area contributed by atoms with Gasteiger partial charge in [-0.2, -0.15) is 0 Å². The van der Waals surface area contributed by atoms with Crippen molar-refractivity contribution in [2.75, 3.05) is 25.0 Å². The SMILES string of the molecule is CCN(C(=O)Nc1cccc(Cl)c1)C1CCNCC1. The van der Waals surface area contributed by atoms with Crippen LogP contribution in [0.2, 0.25) is 5.02 Å². The number of anilines is 1. The molecule has 0 radical (unpaired) electrons. The van der Waals surface area contributed by atoms with Gasteiger partial charge in [-0.15, -0.1) is 0 Å². The number of rotatable bonds is 3. The minimum absolute atomic E-state index is 0.0448. The van der Waals surface area contributed by atoms with E-state index in [1.54, 1.807) is 12.1 Å². The van der Waals surface area contributed by atoms with Crippen LogP contribution in [0.3, 0.4) is 0 Å². The second-order valence-corrected chi connectivity index (χ2v) is 5.14. The van der Waals surface area contributed by atoms with Crippen molar-refractivity contribution in [2.24, 2.45) is 0 Å². The highest BCUT2D eigenvalue weighted by Gasteiger charge is 2.23. The van der Waals surface area contributed by atoms with Crippen molar-refractivity contribution in [3.63, 3.8) is 0 Å². The summed E-state index contributed by atoms with van der Waals surface area (Å²) in [6.45, 7) is 4.69. The molecule has 1 fully saturated rings. The highest BCUT2D eigenvalue weighted by molar-refractivity contribution is 6.30. The van der Waals surface area contributed by atoms with E-state index in [0.717, 1.165) is 38.2 Å².